The highest BCUT2D eigenvalue weighted by Gasteiger charge is 2.50. The van der Waals surface area contributed by atoms with Gasteiger partial charge in [-0.2, -0.15) is 0 Å². The van der Waals surface area contributed by atoms with Crippen molar-refractivity contribution in [1.29, 1.82) is 0 Å². The fourth-order valence-electron chi connectivity index (χ4n) is 3.72. The molecule has 0 amide bonds. The minimum absolute atomic E-state index is 0.0511. The van der Waals surface area contributed by atoms with Gasteiger partial charge >= 0.3 is 5.97 Å². The van der Waals surface area contributed by atoms with Gasteiger partial charge in [-0.1, -0.05) is 19.1 Å². The average Bonchev–Trinajstić information content (AvgIpc) is 3.05. The zero-order chi connectivity index (χ0) is 15.2. The third-order valence-electron chi connectivity index (χ3n) is 4.71. The number of carbonyl (C=O) groups is 1. The van der Waals surface area contributed by atoms with Crippen LogP contribution in [0.2, 0.25) is 0 Å². The van der Waals surface area contributed by atoms with Crippen LogP contribution in [-0.4, -0.2) is 37.3 Å². The number of nitrogens with zero attached hydrogens (tertiary/aromatic N) is 1. The highest BCUT2D eigenvalue weighted by molar-refractivity contribution is 7.91. The number of fused-ring (bicyclic) bond motifs is 2. The highest BCUT2D eigenvalue weighted by atomic mass is 32.2. The van der Waals surface area contributed by atoms with E-state index in [1.807, 2.05) is 11.0 Å². The van der Waals surface area contributed by atoms with Crippen molar-refractivity contribution < 1.29 is 18.3 Å². The lowest BCUT2D eigenvalue weighted by Crippen LogP contribution is -2.33. The van der Waals surface area contributed by atoms with Crippen molar-refractivity contribution in [2.24, 2.45) is 5.92 Å². The van der Waals surface area contributed by atoms with Crippen molar-refractivity contribution >= 4 is 21.5 Å². The molecular formula is C15H19NO4S. The molecule has 2 heterocycles. The van der Waals surface area contributed by atoms with Crippen LogP contribution in [0.3, 0.4) is 0 Å². The summed E-state index contributed by atoms with van der Waals surface area (Å²) < 4.78 is 24.6. The molecule has 5 nitrogen and oxygen atoms in total. The van der Waals surface area contributed by atoms with E-state index in [2.05, 4.69) is 0 Å². The van der Waals surface area contributed by atoms with Crippen molar-refractivity contribution in [1.82, 2.24) is 0 Å². The Kier molecular flexibility index (Phi) is 3.43. The summed E-state index contributed by atoms with van der Waals surface area (Å²) in [7, 11) is -3.31. The summed E-state index contributed by atoms with van der Waals surface area (Å²) in [6, 6.07) is 7.03. The highest BCUT2D eigenvalue weighted by Crippen LogP contribution is 2.46. The summed E-state index contributed by atoms with van der Waals surface area (Å²) >= 11 is 0. The predicted octanol–water partition coefficient (Wildman–Crippen LogP) is 1.92. The van der Waals surface area contributed by atoms with Crippen molar-refractivity contribution in [3.8, 4) is 0 Å². The molecule has 2 bridgehead atoms. The van der Waals surface area contributed by atoms with Gasteiger partial charge in [0.15, 0.2) is 9.84 Å². The van der Waals surface area contributed by atoms with Gasteiger partial charge in [-0.05, 0) is 31.4 Å². The van der Waals surface area contributed by atoms with Crippen LogP contribution in [0.25, 0.3) is 0 Å². The number of benzene rings is 1. The van der Waals surface area contributed by atoms with Gasteiger partial charge in [0, 0.05) is 12.1 Å². The fraction of sp³-hybridized carbons (Fsp3) is 0.533. The van der Waals surface area contributed by atoms with Crippen molar-refractivity contribution in [2.45, 2.75) is 43.2 Å². The van der Waals surface area contributed by atoms with Gasteiger partial charge in [-0.3, -0.25) is 4.79 Å². The molecule has 1 aromatic carbocycles. The first-order valence-corrected chi connectivity index (χ1v) is 8.94. The maximum atomic E-state index is 12.3. The zero-order valence-electron chi connectivity index (χ0n) is 11.9. The van der Waals surface area contributed by atoms with E-state index in [9.17, 15) is 18.3 Å². The van der Waals surface area contributed by atoms with Gasteiger partial charge in [0.2, 0.25) is 0 Å². The molecule has 0 radical (unpaired) electrons. The summed E-state index contributed by atoms with van der Waals surface area (Å²) in [5.74, 6) is -1.11. The summed E-state index contributed by atoms with van der Waals surface area (Å²) in [6.07, 6.45) is 2.37. The number of sulfone groups is 1. The van der Waals surface area contributed by atoms with E-state index < -0.39 is 15.8 Å². The number of hydrogen-bond acceptors (Lipinski definition) is 4. The lowest BCUT2D eigenvalue weighted by Gasteiger charge is -2.27. The topological polar surface area (TPSA) is 74.7 Å². The number of hydrogen-bond donors (Lipinski definition) is 1. The Labute approximate surface area is 124 Å². The summed E-state index contributed by atoms with van der Waals surface area (Å²) in [5.41, 5.74) is 0.676. The third-order valence-corrected chi connectivity index (χ3v) is 6.49. The molecule has 1 N–H and O–H groups in total. The summed E-state index contributed by atoms with van der Waals surface area (Å²) in [5, 5.41) is 9.33. The second-order valence-corrected chi connectivity index (χ2v) is 8.00. The largest absolute Gasteiger partial charge is 0.481 e. The lowest BCUT2D eigenvalue weighted by atomic mass is 9.89. The molecule has 0 saturated carbocycles. The van der Waals surface area contributed by atoms with E-state index >= 15 is 0 Å². The number of para-hydroxylation sites is 1. The normalized spacial score (nSPS) is 28.0. The van der Waals surface area contributed by atoms with Gasteiger partial charge in [0.25, 0.3) is 0 Å². The Morgan fingerprint density at radius 3 is 2.67 bits per heavy atom. The van der Waals surface area contributed by atoms with Crippen molar-refractivity contribution in [3.05, 3.63) is 24.3 Å². The second-order valence-electron chi connectivity index (χ2n) is 5.76. The molecule has 2 saturated heterocycles. The molecular weight excluding hydrogens is 290 g/mol. The Morgan fingerprint density at radius 1 is 1.33 bits per heavy atom. The van der Waals surface area contributed by atoms with Gasteiger partial charge in [0.05, 0.1) is 22.3 Å². The van der Waals surface area contributed by atoms with E-state index in [0.29, 0.717) is 17.0 Å². The molecule has 2 fully saturated rings. The Hall–Kier alpha value is -1.56. The van der Waals surface area contributed by atoms with Crippen LogP contribution in [0.1, 0.15) is 26.2 Å². The molecule has 3 atom stereocenters. The first-order valence-electron chi connectivity index (χ1n) is 7.28. The van der Waals surface area contributed by atoms with Crippen LogP contribution >= 0.6 is 0 Å². The molecule has 1 aromatic rings. The summed E-state index contributed by atoms with van der Waals surface area (Å²) in [4.78, 5) is 13.7. The zero-order valence-corrected chi connectivity index (χ0v) is 12.7. The molecule has 21 heavy (non-hydrogen) atoms. The van der Waals surface area contributed by atoms with Crippen molar-refractivity contribution in [3.63, 3.8) is 0 Å². The van der Waals surface area contributed by atoms with Gasteiger partial charge in [-0.15, -0.1) is 0 Å². The van der Waals surface area contributed by atoms with Gasteiger partial charge in [0.1, 0.15) is 0 Å². The molecule has 2 aliphatic heterocycles. The van der Waals surface area contributed by atoms with Crippen LogP contribution in [-0.2, 0) is 14.6 Å². The molecule has 114 valence electrons. The van der Waals surface area contributed by atoms with Gasteiger partial charge in [-0.25, -0.2) is 8.42 Å². The molecule has 0 aliphatic carbocycles. The number of anilines is 1. The van der Waals surface area contributed by atoms with Crippen LogP contribution in [0.5, 0.6) is 0 Å². The van der Waals surface area contributed by atoms with Crippen LogP contribution in [0.4, 0.5) is 5.69 Å². The molecule has 0 spiro atoms. The third kappa shape index (κ3) is 2.21. The minimum Gasteiger partial charge on any atom is -0.481 e. The minimum atomic E-state index is -3.31. The predicted molar refractivity (Wildman–Crippen MR) is 79.2 cm³/mol. The molecule has 3 rings (SSSR count). The molecule has 3 unspecified atom stereocenters. The standard InChI is InChI=1S/C15H19NO4S/c1-2-21(19,20)14-6-4-3-5-13(14)16-10-7-8-12(16)11(9-10)15(17)18/h3-6,10-12H,2,7-9H2,1H3,(H,17,18). The molecule has 2 aliphatic rings. The average molecular weight is 309 g/mol. The number of carboxylic acids is 1. The smallest absolute Gasteiger partial charge is 0.308 e. The van der Waals surface area contributed by atoms with Crippen molar-refractivity contribution in [2.75, 3.05) is 10.7 Å². The Bertz CT molecular complexity index is 670. The Morgan fingerprint density at radius 2 is 2.05 bits per heavy atom. The SMILES string of the molecule is CCS(=O)(=O)c1ccccc1N1C2CCC1C(C(=O)O)C2. The first kappa shape index (κ1) is 14.4. The van der Waals surface area contributed by atoms with E-state index in [0.717, 1.165) is 12.8 Å². The van der Waals surface area contributed by atoms with Crippen LogP contribution in [0.15, 0.2) is 29.2 Å². The summed E-state index contributed by atoms with van der Waals surface area (Å²) in [6.45, 7) is 1.63. The van der Waals surface area contributed by atoms with E-state index in [-0.39, 0.29) is 23.8 Å². The van der Waals surface area contributed by atoms with E-state index in [1.165, 1.54) is 0 Å². The maximum absolute atomic E-state index is 12.3. The monoisotopic (exact) mass is 309 g/mol. The first-order chi connectivity index (χ1) is 9.95. The quantitative estimate of drug-likeness (QED) is 0.919. The fourth-order valence-corrected chi connectivity index (χ4v) is 4.81. The number of aliphatic carboxylic acids is 1. The number of rotatable bonds is 4. The number of carboxylic acid groups (broad SMARTS) is 1. The maximum Gasteiger partial charge on any atom is 0.308 e. The Balaban J connectivity index is 2.05. The van der Waals surface area contributed by atoms with E-state index in [1.54, 1.807) is 25.1 Å². The molecule has 0 aromatic heterocycles. The van der Waals surface area contributed by atoms with Gasteiger partial charge < -0.3 is 10.0 Å². The van der Waals surface area contributed by atoms with Crippen LogP contribution in [0, 0.1) is 5.92 Å². The van der Waals surface area contributed by atoms with E-state index in [4.69, 9.17) is 0 Å². The van der Waals surface area contributed by atoms with Crippen LogP contribution < -0.4 is 4.90 Å². The second kappa shape index (κ2) is 5.02. The lowest BCUT2D eigenvalue weighted by molar-refractivity contribution is -0.142. The molecule has 6 heteroatoms.